The van der Waals surface area contributed by atoms with Gasteiger partial charge in [0.15, 0.2) is 5.58 Å². The molecule has 548 valence electrons. The second-order valence-electron chi connectivity index (χ2n) is 32.3. The zero-order valence-electron chi connectivity index (χ0n) is 64.6. The maximum atomic E-state index is 6.68. The molecule has 22 aromatic rings. The van der Waals surface area contributed by atoms with Gasteiger partial charge < -0.3 is 23.4 Å². The Morgan fingerprint density at radius 2 is 0.647 bits per heavy atom. The quantitative estimate of drug-likeness (QED) is 0.137. The number of anilines is 6. The van der Waals surface area contributed by atoms with Gasteiger partial charge in [-0.1, -0.05) is 270 Å². The molecule has 0 saturated carbocycles. The van der Waals surface area contributed by atoms with Crippen LogP contribution in [0.15, 0.2) is 393 Å². The molecule has 0 radical (unpaired) electrons. The molecule has 116 heavy (non-hydrogen) atoms. The molecule has 24 rings (SSSR count). The fraction of sp³-hybridized carbons (Fsp3) is 0.0545. The van der Waals surface area contributed by atoms with Crippen molar-refractivity contribution in [1.82, 2.24) is 9.13 Å². The lowest BCUT2D eigenvalue weighted by Crippen LogP contribution is -2.16. The van der Waals surface area contributed by atoms with Gasteiger partial charge in [-0.05, 0) is 234 Å². The molecule has 0 aliphatic heterocycles. The number of hydrogen-bond donors (Lipinski definition) is 0. The third-order valence-electron chi connectivity index (χ3n) is 25.1. The van der Waals surface area contributed by atoms with Crippen molar-refractivity contribution in [2.75, 3.05) is 9.80 Å². The van der Waals surface area contributed by atoms with E-state index < -0.39 is 0 Å². The minimum Gasteiger partial charge on any atom is -0.454 e. The minimum absolute atomic E-state index is 0.101. The smallest absolute Gasteiger partial charge is 0.159 e. The van der Waals surface area contributed by atoms with Gasteiger partial charge in [0.25, 0.3) is 0 Å². The normalized spacial score (nSPS) is 13.1. The van der Waals surface area contributed by atoms with E-state index in [2.05, 4.69) is 429 Å². The Bertz CT molecular complexity index is 7340. The number of aromatic nitrogens is 2. The third-order valence-corrected chi connectivity index (χ3v) is 26.3. The fourth-order valence-electron chi connectivity index (χ4n) is 19.5. The Hall–Kier alpha value is -14.3. The van der Waals surface area contributed by atoms with Gasteiger partial charge in [0.2, 0.25) is 0 Å². The van der Waals surface area contributed by atoms with Crippen molar-refractivity contribution in [1.29, 1.82) is 0 Å². The van der Waals surface area contributed by atoms with Crippen molar-refractivity contribution in [2.24, 2.45) is 0 Å². The number of fused-ring (bicyclic) bond motifs is 20. The highest BCUT2D eigenvalue weighted by Crippen LogP contribution is 2.55. The summed E-state index contributed by atoms with van der Waals surface area (Å²) < 4.78 is 14.0. The highest BCUT2D eigenvalue weighted by Gasteiger charge is 2.38. The molecule has 6 heteroatoms. The maximum Gasteiger partial charge on any atom is 0.159 e. The largest absolute Gasteiger partial charge is 0.454 e. The van der Waals surface area contributed by atoms with Crippen LogP contribution >= 0.6 is 11.3 Å². The number of nitrogens with zero attached hydrogens (tertiary/aromatic N) is 4. The van der Waals surface area contributed by atoms with E-state index >= 15 is 0 Å². The monoisotopic (exact) mass is 1500 g/mol. The van der Waals surface area contributed by atoms with Crippen LogP contribution in [0.5, 0.6) is 0 Å². The van der Waals surface area contributed by atoms with E-state index in [-0.39, 0.29) is 10.8 Å². The van der Waals surface area contributed by atoms with Crippen LogP contribution in [0.3, 0.4) is 0 Å². The van der Waals surface area contributed by atoms with E-state index in [0.717, 1.165) is 44.7 Å². The SMILES string of the molecule is CC1(C)c2ccccc2-c2ccc(N(c3ccc4cc(-c5ccc6c(c5)c5ccccc5n6-c5ccccc5)ccc4c3)c3cccc4c3oc3ccccc34)cc21.CC1(C)c2ccccc2-c2ccc(N(c3ccc4cc(-c5ccc6c(c5)c5ccccc5n6-c5ccccc5)ccc4c3)c3cccc4c3sc3ccccc34)cc21. The summed E-state index contributed by atoms with van der Waals surface area (Å²) in [6, 6.07) is 143. The molecule has 2 aliphatic carbocycles. The van der Waals surface area contributed by atoms with Crippen LogP contribution in [0.4, 0.5) is 34.1 Å². The molecule has 2 aliphatic rings. The molecular weight excluding hydrogens is 1430 g/mol. The van der Waals surface area contributed by atoms with Crippen molar-refractivity contribution in [3.05, 3.63) is 411 Å². The first-order chi connectivity index (χ1) is 57.0. The van der Waals surface area contributed by atoms with E-state index in [1.54, 1.807) is 0 Å². The Balaban J connectivity index is 0.000000137. The van der Waals surface area contributed by atoms with E-state index in [0.29, 0.717) is 0 Å². The highest BCUT2D eigenvalue weighted by atomic mass is 32.1. The van der Waals surface area contributed by atoms with Crippen molar-refractivity contribution < 1.29 is 4.42 Å². The van der Waals surface area contributed by atoms with Gasteiger partial charge in [0.1, 0.15) is 5.58 Å². The summed E-state index contributed by atoms with van der Waals surface area (Å²) in [4.78, 5) is 4.87. The van der Waals surface area contributed by atoms with E-state index in [1.165, 1.54) is 175 Å². The van der Waals surface area contributed by atoms with Gasteiger partial charge in [0, 0.05) is 92.7 Å². The number of para-hydroxylation sites is 6. The number of benzene rings is 18. The lowest BCUT2D eigenvalue weighted by atomic mass is 9.82. The lowest BCUT2D eigenvalue weighted by molar-refractivity contribution is 0.660. The summed E-state index contributed by atoms with van der Waals surface area (Å²) >= 11 is 1.88. The Kier molecular flexibility index (Phi) is 15.2. The Morgan fingerprint density at radius 1 is 0.259 bits per heavy atom. The van der Waals surface area contributed by atoms with Gasteiger partial charge in [-0.3, -0.25) is 0 Å². The summed E-state index contributed by atoms with van der Waals surface area (Å²) in [5.74, 6) is 0. The van der Waals surface area contributed by atoms with Crippen molar-refractivity contribution in [3.8, 4) is 55.9 Å². The molecule has 0 spiro atoms. The second-order valence-corrected chi connectivity index (χ2v) is 33.4. The summed E-state index contributed by atoms with van der Waals surface area (Å²) in [6.07, 6.45) is 0. The molecule has 0 bridgehead atoms. The zero-order chi connectivity index (χ0) is 77.1. The highest BCUT2D eigenvalue weighted by molar-refractivity contribution is 7.26. The maximum absolute atomic E-state index is 6.68. The van der Waals surface area contributed by atoms with Gasteiger partial charge in [-0.25, -0.2) is 0 Å². The molecular formula is C110H76N4OS. The molecule has 4 aromatic heterocycles. The molecule has 5 nitrogen and oxygen atoms in total. The molecule has 0 N–H and O–H groups in total. The van der Waals surface area contributed by atoms with Crippen LogP contribution in [0.2, 0.25) is 0 Å². The van der Waals surface area contributed by atoms with Crippen LogP contribution in [0, 0.1) is 0 Å². The number of hydrogen-bond acceptors (Lipinski definition) is 4. The lowest BCUT2D eigenvalue weighted by Gasteiger charge is -2.29. The molecule has 4 heterocycles. The third kappa shape index (κ3) is 10.5. The Labute approximate surface area is 676 Å². The van der Waals surface area contributed by atoms with Gasteiger partial charge in [0.05, 0.1) is 38.1 Å². The zero-order valence-corrected chi connectivity index (χ0v) is 65.4. The average molecular weight is 1500 g/mol. The summed E-state index contributed by atoms with van der Waals surface area (Å²) in [5, 5.41) is 14.7. The molecule has 0 fully saturated rings. The minimum atomic E-state index is -0.127. The first kappa shape index (κ1) is 67.4. The molecule has 0 amide bonds. The van der Waals surface area contributed by atoms with E-state index in [4.69, 9.17) is 4.42 Å². The second kappa shape index (κ2) is 26.1. The topological polar surface area (TPSA) is 29.5 Å². The molecule has 18 aromatic carbocycles. The van der Waals surface area contributed by atoms with E-state index in [9.17, 15) is 0 Å². The van der Waals surface area contributed by atoms with Gasteiger partial charge in [-0.15, -0.1) is 11.3 Å². The van der Waals surface area contributed by atoms with Crippen molar-refractivity contribution in [2.45, 2.75) is 38.5 Å². The van der Waals surface area contributed by atoms with Crippen LogP contribution in [0.25, 0.3) is 163 Å². The molecule has 0 unspecified atom stereocenters. The van der Waals surface area contributed by atoms with Crippen LogP contribution in [-0.4, -0.2) is 9.13 Å². The van der Waals surface area contributed by atoms with Crippen molar-refractivity contribution >= 4 is 153 Å². The fourth-order valence-corrected chi connectivity index (χ4v) is 20.7. The van der Waals surface area contributed by atoms with Gasteiger partial charge >= 0.3 is 0 Å². The van der Waals surface area contributed by atoms with Crippen LogP contribution in [0.1, 0.15) is 49.9 Å². The summed E-state index contributed by atoms with van der Waals surface area (Å²) in [5.41, 5.74) is 31.1. The van der Waals surface area contributed by atoms with E-state index in [1.807, 2.05) is 17.4 Å². The van der Waals surface area contributed by atoms with Crippen molar-refractivity contribution in [3.63, 3.8) is 0 Å². The predicted octanol–water partition coefficient (Wildman–Crippen LogP) is 31.0. The number of thiophene rings is 1. The average Bonchev–Trinajstić information content (AvgIpc) is 1.57. The standard InChI is InChI=1S/C55H38N2O.C55H38N2S/c2*1-55(2)48-19-9-6-15-42(48)43-29-28-41(34-49(43)55)56(52-21-12-18-46-45-17-8-11-22-53(45)58-54(46)52)40-27-25-36-31-35(23-24-37(36)32-40)38-26-30-51-47(33-38)44-16-7-10-20-50(44)57(51)39-13-4-3-5-14-39/h2*3-34H,1-2H3. The van der Waals surface area contributed by atoms with Crippen LogP contribution < -0.4 is 9.80 Å². The number of furan rings is 1. The Morgan fingerprint density at radius 3 is 1.21 bits per heavy atom. The molecule has 0 saturated heterocycles. The first-order valence-corrected chi connectivity index (χ1v) is 41.0. The summed E-state index contributed by atoms with van der Waals surface area (Å²) in [7, 11) is 0. The number of rotatable bonds is 10. The summed E-state index contributed by atoms with van der Waals surface area (Å²) in [6.45, 7) is 9.42. The van der Waals surface area contributed by atoms with Gasteiger partial charge in [-0.2, -0.15) is 0 Å². The van der Waals surface area contributed by atoms with Crippen LogP contribution in [-0.2, 0) is 10.8 Å². The molecule has 0 atom stereocenters. The predicted molar refractivity (Wildman–Crippen MR) is 492 cm³/mol. The first-order valence-electron chi connectivity index (χ1n) is 40.2.